The van der Waals surface area contributed by atoms with Gasteiger partial charge in [-0.3, -0.25) is 9.80 Å². The van der Waals surface area contributed by atoms with E-state index in [1.807, 2.05) is 12.1 Å². The monoisotopic (exact) mass is 365 g/mol. The second-order valence-electron chi connectivity index (χ2n) is 7.02. The third-order valence-corrected chi connectivity index (χ3v) is 5.02. The van der Waals surface area contributed by atoms with Gasteiger partial charge in [-0.1, -0.05) is 19.9 Å². The van der Waals surface area contributed by atoms with Crippen molar-refractivity contribution in [3.63, 3.8) is 0 Å². The number of rotatable bonds is 10. The highest BCUT2D eigenvalue weighted by Crippen LogP contribution is 2.28. The Morgan fingerprint density at radius 1 is 1.12 bits per heavy atom. The van der Waals surface area contributed by atoms with Crippen LogP contribution in [0.5, 0.6) is 11.5 Å². The second kappa shape index (κ2) is 10.7. The number of hydrogen-bond donors (Lipinski definition) is 1. The molecule has 0 amide bonds. The van der Waals surface area contributed by atoms with Gasteiger partial charge in [-0.2, -0.15) is 0 Å². The lowest BCUT2D eigenvalue weighted by molar-refractivity contribution is 0.0497. The molecule has 0 aliphatic carbocycles. The molecule has 2 rings (SSSR count). The van der Waals surface area contributed by atoms with Crippen LogP contribution in [0.3, 0.4) is 0 Å². The number of nitrogens with zero attached hydrogens (tertiary/aromatic N) is 3. The molecule has 0 spiro atoms. The van der Waals surface area contributed by atoms with Crippen molar-refractivity contribution in [2.24, 2.45) is 0 Å². The van der Waals surface area contributed by atoms with Crippen LogP contribution in [-0.2, 0) is 6.54 Å². The molecule has 0 bridgehead atoms. The third kappa shape index (κ3) is 6.43. The van der Waals surface area contributed by atoms with E-state index in [0.717, 1.165) is 45.8 Å². The summed E-state index contributed by atoms with van der Waals surface area (Å²) in [6.07, 6.45) is -0.505. The molecule has 26 heavy (non-hydrogen) atoms. The molecule has 0 unspecified atom stereocenters. The Balaban J connectivity index is 1.90. The van der Waals surface area contributed by atoms with Gasteiger partial charge in [0.15, 0.2) is 11.5 Å². The minimum atomic E-state index is -0.505. The zero-order valence-corrected chi connectivity index (χ0v) is 16.8. The van der Waals surface area contributed by atoms with Crippen molar-refractivity contribution in [3.8, 4) is 11.5 Å². The summed E-state index contributed by atoms with van der Waals surface area (Å²) in [5.74, 6) is 1.41. The molecular weight excluding hydrogens is 330 g/mol. The minimum absolute atomic E-state index is 0.275. The van der Waals surface area contributed by atoms with Crippen LogP contribution in [0.2, 0.25) is 0 Å². The number of hydrogen-bond acceptors (Lipinski definition) is 6. The normalized spacial score (nSPS) is 17.5. The lowest BCUT2D eigenvalue weighted by Crippen LogP contribution is -2.47. The van der Waals surface area contributed by atoms with Crippen LogP contribution in [0.1, 0.15) is 19.4 Å². The van der Waals surface area contributed by atoms with Crippen LogP contribution in [0.15, 0.2) is 18.2 Å². The highest BCUT2D eigenvalue weighted by molar-refractivity contribution is 5.43. The molecule has 0 aromatic heterocycles. The van der Waals surface area contributed by atoms with Crippen LogP contribution in [-0.4, -0.2) is 92.5 Å². The average Bonchev–Trinajstić information content (AvgIpc) is 2.66. The van der Waals surface area contributed by atoms with E-state index in [4.69, 9.17) is 9.47 Å². The molecule has 0 saturated carbocycles. The van der Waals surface area contributed by atoms with Crippen molar-refractivity contribution in [2.45, 2.75) is 26.5 Å². The zero-order valence-electron chi connectivity index (χ0n) is 16.8. The Morgan fingerprint density at radius 3 is 2.42 bits per heavy atom. The SMILES string of the molecule is CCN(CC)Cc1ccc(OC)c(OC[C@H](O)CN2CCN(C)CC2)c1. The maximum atomic E-state index is 10.4. The van der Waals surface area contributed by atoms with Gasteiger partial charge < -0.3 is 19.5 Å². The van der Waals surface area contributed by atoms with Gasteiger partial charge in [-0.15, -0.1) is 0 Å². The largest absolute Gasteiger partial charge is 0.493 e. The zero-order chi connectivity index (χ0) is 18.9. The summed E-state index contributed by atoms with van der Waals surface area (Å²) in [4.78, 5) is 6.96. The number of likely N-dealkylation sites (N-methyl/N-ethyl adjacent to an activating group) is 1. The van der Waals surface area contributed by atoms with Gasteiger partial charge >= 0.3 is 0 Å². The van der Waals surface area contributed by atoms with Gasteiger partial charge in [0.05, 0.1) is 7.11 Å². The van der Waals surface area contributed by atoms with Crippen LogP contribution >= 0.6 is 0 Å². The molecule has 1 aromatic rings. The number of benzene rings is 1. The summed E-state index contributed by atoms with van der Waals surface area (Å²) in [7, 11) is 3.78. The van der Waals surface area contributed by atoms with E-state index in [9.17, 15) is 5.11 Å². The summed E-state index contributed by atoms with van der Waals surface area (Å²) in [5, 5.41) is 10.4. The Hall–Kier alpha value is -1.34. The average molecular weight is 366 g/mol. The summed E-state index contributed by atoms with van der Waals surface area (Å²) >= 11 is 0. The van der Waals surface area contributed by atoms with E-state index in [0.29, 0.717) is 18.0 Å². The number of ether oxygens (including phenoxy) is 2. The molecule has 1 heterocycles. The van der Waals surface area contributed by atoms with Gasteiger partial charge in [0.2, 0.25) is 0 Å². The Morgan fingerprint density at radius 2 is 1.81 bits per heavy atom. The van der Waals surface area contributed by atoms with Crippen molar-refractivity contribution >= 4 is 0 Å². The van der Waals surface area contributed by atoms with Gasteiger partial charge in [0.1, 0.15) is 12.7 Å². The van der Waals surface area contributed by atoms with Crippen molar-refractivity contribution in [2.75, 3.05) is 66.6 Å². The molecule has 6 heteroatoms. The summed E-state index contributed by atoms with van der Waals surface area (Å²) in [6, 6.07) is 6.05. The molecule has 1 N–H and O–H groups in total. The fourth-order valence-corrected chi connectivity index (χ4v) is 3.20. The number of aliphatic hydroxyl groups excluding tert-OH is 1. The quantitative estimate of drug-likeness (QED) is 0.679. The van der Waals surface area contributed by atoms with E-state index in [2.05, 4.69) is 41.7 Å². The van der Waals surface area contributed by atoms with Gasteiger partial charge in [0, 0.05) is 39.3 Å². The number of piperazine rings is 1. The number of methoxy groups -OCH3 is 1. The first-order chi connectivity index (χ1) is 12.5. The third-order valence-electron chi connectivity index (χ3n) is 5.02. The predicted octanol–water partition coefficient (Wildman–Crippen LogP) is 1.52. The molecule has 0 radical (unpaired) electrons. The summed E-state index contributed by atoms with van der Waals surface area (Å²) in [6.45, 7) is 12.3. The molecule has 1 fully saturated rings. The smallest absolute Gasteiger partial charge is 0.161 e. The summed E-state index contributed by atoms with van der Waals surface area (Å²) < 4.78 is 11.3. The van der Waals surface area contributed by atoms with E-state index in [-0.39, 0.29) is 6.61 Å². The highest BCUT2D eigenvalue weighted by Gasteiger charge is 2.18. The minimum Gasteiger partial charge on any atom is -0.493 e. The molecule has 6 nitrogen and oxygen atoms in total. The molecule has 1 aliphatic rings. The standard InChI is InChI=1S/C20H35N3O3/c1-5-22(6-2)14-17-7-8-19(25-4)20(13-17)26-16-18(24)15-23-11-9-21(3)10-12-23/h7-8,13,18,24H,5-6,9-12,14-16H2,1-4H3/t18-/m1/s1. The first-order valence-electron chi connectivity index (χ1n) is 9.66. The summed E-state index contributed by atoms with van der Waals surface area (Å²) in [5.41, 5.74) is 1.19. The molecule has 1 saturated heterocycles. The first-order valence-corrected chi connectivity index (χ1v) is 9.66. The van der Waals surface area contributed by atoms with Crippen molar-refractivity contribution in [1.82, 2.24) is 14.7 Å². The Bertz CT molecular complexity index is 529. The Kier molecular flexibility index (Phi) is 8.65. The van der Waals surface area contributed by atoms with E-state index in [1.54, 1.807) is 7.11 Å². The Labute approximate surface area is 158 Å². The van der Waals surface area contributed by atoms with Gasteiger partial charge in [0.25, 0.3) is 0 Å². The molecular formula is C20H35N3O3. The molecule has 1 aromatic carbocycles. The first kappa shape index (κ1) is 21.0. The molecule has 148 valence electrons. The van der Waals surface area contributed by atoms with E-state index >= 15 is 0 Å². The topological polar surface area (TPSA) is 48.4 Å². The number of aliphatic hydroxyl groups is 1. The van der Waals surface area contributed by atoms with Crippen LogP contribution in [0.25, 0.3) is 0 Å². The molecule has 1 aliphatic heterocycles. The van der Waals surface area contributed by atoms with Crippen LogP contribution in [0.4, 0.5) is 0 Å². The molecule has 1 atom stereocenters. The van der Waals surface area contributed by atoms with Crippen LogP contribution in [0, 0.1) is 0 Å². The lowest BCUT2D eigenvalue weighted by atomic mass is 10.2. The lowest BCUT2D eigenvalue weighted by Gasteiger charge is -2.33. The number of β-amino-alcohol motifs (C(OH)–C–C–N with tert-alkyl or cyclic N) is 1. The van der Waals surface area contributed by atoms with Crippen molar-refractivity contribution in [3.05, 3.63) is 23.8 Å². The van der Waals surface area contributed by atoms with Gasteiger partial charge in [-0.05, 0) is 37.8 Å². The maximum absolute atomic E-state index is 10.4. The van der Waals surface area contributed by atoms with E-state index < -0.39 is 6.10 Å². The predicted molar refractivity (Wildman–Crippen MR) is 105 cm³/mol. The van der Waals surface area contributed by atoms with Crippen LogP contribution < -0.4 is 9.47 Å². The fourth-order valence-electron chi connectivity index (χ4n) is 3.20. The highest BCUT2D eigenvalue weighted by atomic mass is 16.5. The van der Waals surface area contributed by atoms with E-state index in [1.165, 1.54) is 5.56 Å². The van der Waals surface area contributed by atoms with Crippen molar-refractivity contribution < 1.29 is 14.6 Å². The second-order valence-corrected chi connectivity index (χ2v) is 7.02. The fraction of sp³-hybridized carbons (Fsp3) is 0.700. The van der Waals surface area contributed by atoms with Crippen molar-refractivity contribution in [1.29, 1.82) is 0 Å². The van der Waals surface area contributed by atoms with Gasteiger partial charge in [-0.25, -0.2) is 0 Å². The maximum Gasteiger partial charge on any atom is 0.161 e.